The van der Waals surface area contributed by atoms with E-state index in [-0.39, 0.29) is 0 Å². The van der Waals surface area contributed by atoms with Crippen LogP contribution in [0.25, 0.3) is 163 Å². The summed E-state index contributed by atoms with van der Waals surface area (Å²) in [5.74, 6) is 0. The summed E-state index contributed by atoms with van der Waals surface area (Å²) in [6.07, 6.45) is 0. The summed E-state index contributed by atoms with van der Waals surface area (Å²) < 4.78 is 4.92. The number of anilines is 8. The lowest BCUT2D eigenvalue weighted by Crippen LogP contribution is -2.10. The third-order valence-electron chi connectivity index (χ3n) is 23.8. The Kier molecular flexibility index (Phi) is 18.4. The molecule has 0 bridgehead atoms. The molecule has 0 aliphatic carbocycles. The fourth-order valence-electron chi connectivity index (χ4n) is 18.1. The van der Waals surface area contributed by atoms with E-state index in [4.69, 9.17) is 13.1 Å². The molecule has 0 atom stereocenters. The van der Waals surface area contributed by atoms with Crippen LogP contribution >= 0.6 is 0 Å². The van der Waals surface area contributed by atoms with E-state index in [9.17, 15) is 0 Å². The van der Waals surface area contributed by atoms with Gasteiger partial charge in [0.05, 0.1) is 51.9 Å². The minimum Gasteiger partial charge on any atom is -0.356 e. The highest BCUT2D eigenvalue weighted by molar-refractivity contribution is 6.30. The van der Waals surface area contributed by atoms with Crippen molar-refractivity contribution in [3.8, 4) is 55.6 Å². The quantitative estimate of drug-likeness (QED) is 0.117. The first-order chi connectivity index (χ1) is 59.7. The monoisotopic (exact) mass is 1540 g/mol. The van der Waals surface area contributed by atoms with Crippen molar-refractivity contribution in [2.45, 2.75) is 13.8 Å². The van der Waals surface area contributed by atoms with Crippen LogP contribution in [0.15, 0.2) is 425 Å². The standard InChI is InChI=1S/C65H42N4.C31H20N2.C18H15N/c1-66-60-25-15-14-24-56(60)49-31-38-61-59(42-49)64-62(68(52-22-12-5-13-23-52)54-34-28-47(29-35-54)45-18-8-3-9-19-45)39-37-57-58-41-48-30-36-55(40-50(48)43-63(58)69(61)65(57)64)67(51-20-10-4-11-21-51)53-32-26-46(27-33-53)44-16-6-2-7-17-44;1-18-8-10-20-15-25-24-12-9-19(2)30-26-16-21(23-6-4-5-7-27(23)32-3)11-13-28(26)33(31(24)30)29(25)17-22(20)14-18;1-3-7-15(8-4-1)16-11-13-18(14-12-16)19-17-9-5-2-6-10-17/h2-43H;4-17H,1-2H3;1-14,19H. The molecule has 0 spiro atoms. The first-order valence-electron chi connectivity index (χ1n) is 41.0. The maximum atomic E-state index is 8.06. The Balaban J connectivity index is 0.000000141. The molecule has 19 aromatic carbocycles. The molecule has 23 aromatic rings. The zero-order chi connectivity index (χ0) is 81.0. The first kappa shape index (κ1) is 72.4. The lowest BCUT2D eigenvalue weighted by atomic mass is 9.98. The average Bonchev–Trinajstić information content (AvgIpc) is 1.53. The highest BCUT2D eigenvalue weighted by Gasteiger charge is 2.27. The van der Waals surface area contributed by atoms with Crippen molar-refractivity contribution < 1.29 is 0 Å². The Morgan fingerprint density at radius 1 is 0.248 bits per heavy atom. The number of nitrogens with one attached hydrogen (secondary N) is 1. The molecular formula is C114H77N7. The molecule has 0 radical (unpaired) electrons. The molecule has 1 N–H and O–H groups in total. The molecule has 568 valence electrons. The van der Waals surface area contributed by atoms with E-state index in [2.05, 4.69) is 405 Å². The molecule has 121 heavy (non-hydrogen) atoms. The van der Waals surface area contributed by atoms with Gasteiger partial charge < -0.3 is 23.9 Å². The summed E-state index contributed by atoms with van der Waals surface area (Å²) in [4.78, 5) is 12.4. The van der Waals surface area contributed by atoms with Gasteiger partial charge in [-0.25, -0.2) is 9.69 Å². The zero-order valence-electron chi connectivity index (χ0n) is 66.6. The molecule has 0 fully saturated rings. The van der Waals surface area contributed by atoms with Gasteiger partial charge in [-0.3, -0.25) is 0 Å². The number of hydrogen-bond donors (Lipinski definition) is 1. The number of hydrogen-bond acceptors (Lipinski definition) is 3. The molecule has 7 heteroatoms. The van der Waals surface area contributed by atoms with Gasteiger partial charge >= 0.3 is 0 Å². The Hall–Kier alpha value is -16.3. The van der Waals surface area contributed by atoms with Crippen LogP contribution in [0.4, 0.5) is 56.9 Å². The van der Waals surface area contributed by atoms with Gasteiger partial charge in [0, 0.05) is 82.9 Å². The molecule has 23 rings (SSSR count). The predicted octanol–water partition coefficient (Wildman–Crippen LogP) is 32.4. The van der Waals surface area contributed by atoms with Crippen LogP contribution in [0.5, 0.6) is 0 Å². The zero-order valence-corrected chi connectivity index (χ0v) is 66.6. The third kappa shape index (κ3) is 13.1. The van der Waals surface area contributed by atoms with Crippen LogP contribution in [0.1, 0.15) is 11.1 Å². The van der Waals surface area contributed by atoms with Crippen molar-refractivity contribution in [1.29, 1.82) is 0 Å². The molecule has 0 aliphatic rings. The Morgan fingerprint density at radius 3 is 1.14 bits per heavy atom. The second-order valence-electron chi connectivity index (χ2n) is 31.1. The van der Waals surface area contributed by atoms with Crippen LogP contribution in [0, 0.1) is 27.0 Å². The van der Waals surface area contributed by atoms with Crippen LogP contribution in [0.2, 0.25) is 0 Å². The van der Waals surface area contributed by atoms with Crippen LogP contribution < -0.4 is 15.1 Å². The number of benzene rings is 19. The van der Waals surface area contributed by atoms with E-state index in [0.717, 1.165) is 94.9 Å². The van der Waals surface area contributed by atoms with Gasteiger partial charge in [-0.15, -0.1) is 0 Å². The molecular weight excluding hydrogens is 1470 g/mol. The first-order valence-corrected chi connectivity index (χ1v) is 41.0. The minimum atomic E-state index is 0.641. The van der Waals surface area contributed by atoms with Crippen molar-refractivity contribution in [1.82, 2.24) is 8.80 Å². The van der Waals surface area contributed by atoms with E-state index in [1.54, 1.807) is 0 Å². The van der Waals surface area contributed by atoms with Gasteiger partial charge in [0.25, 0.3) is 0 Å². The summed E-state index contributed by atoms with van der Waals surface area (Å²) in [5.41, 5.74) is 31.0. The van der Waals surface area contributed by atoms with Crippen LogP contribution in [-0.4, -0.2) is 8.80 Å². The lowest BCUT2D eigenvalue weighted by molar-refractivity contribution is 1.29. The SMILES string of the molecule is [C-]#[N+]c1ccccc1-c1ccc2c(c1)c1c(C)ccc3c4cc5ccc(C)cc5cc4n2c31.[C-]#[N+]c1ccccc1-c1ccc2c(c1)c1c(N(c3ccccc3)c3ccc(-c4ccccc4)cc3)ccc3c4cc5ccc(N(c6ccccc6)c6ccc(-c7ccccc7)cc6)cc5cc4n2c31.c1ccc(Nc2ccc(-c3ccccc3)cc2)cc1. The van der Waals surface area contributed by atoms with Crippen LogP contribution in [-0.2, 0) is 0 Å². The Morgan fingerprint density at radius 2 is 0.628 bits per heavy atom. The number of aromatic nitrogens is 2. The molecule has 4 aromatic heterocycles. The molecule has 0 unspecified atom stereocenters. The molecule has 4 heterocycles. The summed E-state index contributed by atoms with van der Waals surface area (Å²) >= 11 is 0. The highest BCUT2D eigenvalue weighted by atomic mass is 15.2. The van der Waals surface area contributed by atoms with Crippen molar-refractivity contribution in [2.75, 3.05) is 15.1 Å². The summed E-state index contributed by atoms with van der Waals surface area (Å²) in [6.45, 7) is 20.0. The molecule has 0 saturated heterocycles. The highest BCUT2D eigenvalue weighted by Crippen LogP contribution is 2.51. The van der Waals surface area contributed by atoms with Gasteiger partial charge in [0.15, 0.2) is 11.4 Å². The smallest absolute Gasteiger partial charge is 0.194 e. The van der Waals surface area contributed by atoms with Gasteiger partial charge in [0.2, 0.25) is 0 Å². The van der Waals surface area contributed by atoms with E-state index >= 15 is 0 Å². The second kappa shape index (κ2) is 30.7. The van der Waals surface area contributed by atoms with Gasteiger partial charge in [-0.05, 0) is 236 Å². The van der Waals surface area contributed by atoms with Gasteiger partial charge in [0.1, 0.15) is 0 Å². The predicted molar refractivity (Wildman–Crippen MR) is 512 cm³/mol. The number of aryl methyl sites for hydroxylation is 2. The molecule has 0 saturated carbocycles. The normalized spacial score (nSPS) is 11.4. The lowest BCUT2D eigenvalue weighted by Gasteiger charge is -2.27. The van der Waals surface area contributed by atoms with Crippen molar-refractivity contribution in [3.05, 3.63) is 459 Å². The fraction of sp³-hybridized carbons (Fsp3) is 0.0175. The summed E-state index contributed by atoms with van der Waals surface area (Å²) in [5, 5.41) is 18.1. The van der Waals surface area contributed by atoms with Crippen molar-refractivity contribution in [3.63, 3.8) is 0 Å². The van der Waals surface area contributed by atoms with Crippen molar-refractivity contribution in [2.24, 2.45) is 0 Å². The second-order valence-corrected chi connectivity index (χ2v) is 31.1. The summed E-state index contributed by atoms with van der Waals surface area (Å²) in [7, 11) is 0. The van der Waals surface area contributed by atoms with E-state index in [0.29, 0.717) is 11.4 Å². The van der Waals surface area contributed by atoms with Crippen molar-refractivity contribution >= 4 is 155 Å². The van der Waals surface area contributed by atoms with Crippen LogP contribution in [0.3, 0.4) is 0 Å². The van der Waals surface area contributed by atoms with Gasteiger partial charge in [-0.2, -0.15) is 0 Å². The summed E-state index contributed by atoms with van der Waals surface area (Å²) in [6, 6.07) is 151. The number of nitrogens with zero attached hydrogens (tertiary/aromatic N) is 6. The topological polar surface area (TPSA) is 36.0 Å². The largest absolute Gasteiger partial charge is 0.356 e. The Labute approximate surface area is 702 Å². The van der Waals surface area contributed by atoms with E-state index in [1.165, 1.54) is 115 Å². The fourth-order valence-corrected chi connectivity index (χ4v) is 18.1. The number of fused-ring (bicyclic) bond motifs is 14. The molecule has 0 aliphatic heterocycles. The maximum absolute atomic E-state index is 8.06. The van der Waals surface area contributed by atoms with E-state index in [1.807, 2.05) is 66.7 Å². The Bertz CT molecular complexity index is 7910. The van der Waals surface area contributed by atoms with E-state index < -0.39 is 0 Å². The maximum Gasteiger partial charge on any atom is 0.194 e. The number of para-hydroxylation sites is 5. The minimum absolute atomic E-state index is 0.641. The molecule has 7 nitrogen and oxygen atoms in total. The number of rotatable bonds is 13. The molecule has 0 amide bonds. The average molecular weight is 1540 g/mol. The van der Waals surface area contributed by atoms with Gasteiger partial charge in [-0.1, -0.05) is 291 Å². The third-order valence-corrected chi connectivity index (χ3v) is 23.8.